The second-order valence-corrected chi connectivity index (χ2v) is 6.44. The smallest absolute Gasteiger partial charge is 0.269 e. The van der Waals surface area contributed by atoms with Gasteiger partial charge in [0.25, 0.3) is 5.69 Å². The van der Waals surface area contributed by atoms with E-state index in [-0.39, 0.29) is 5.69 Å². The molecule has 0 aromatic heterocycles. The van der Waals surface area contributed by atoms with Crippen LogP contribution in [0.25, 0.3) is 0 Å². The number of hydrogen-bond donors (Lipinski definition) is 1. The Labute approximate surface area is 187 Å². The number of hydrogen-bond acceptors (Lipinski definition) is 9. The van der Waals surface area contributed by atoms with Crippen LogP contribution >= 0.6 is 0 Å². The van der Waals surface area contributed by atoms with Crippen LogP contribution in [0.3, 0.4) is 0 Å². The Bertz CT molecular complexity index is 773. The Kier molecular flexibility index (Phi) is 12.5. The molecule has 176 valence electrons. The standard InChI is InChI=1S/C22H30N2O8/c23-21-3-1-2-4-22(21)32-18-16-30-14-12-28-10-9-27-11-13-29-15-17-31-20-7-5-19(6-8-20)24(25)26/h1-8H,9-18,23H2. The summed E-state index contributed by atoms with van der Waals surface area (Å²) < 4.78 is 32.6. The van der Waals surface area contributed by atoms with Crippen LogP contribution in [0.4, 0.5) is 11.4 Å². The number of nitrogens with zero attached hydrogens (tertiary/aromatic N) is 1. The molecule has 0 fully saturated rings. The highest BCUT2D eigenvalue weighted by molar-refractivity contribution is 5.51. The summed E-state index contributed by atoms with van der Waals surface area (Å²) >= 11 is 0. The van der Waals surface area contributed by atoms with E-state index in [0.29, 0.717) is 83.3 Å². The molecule has 2 N–H and O–H groups in total. The summed E-state index contributed by atoms with van der Waals surface area (Å²) in [6.07, 6.45) is 0. The summed E-state index contributed by atoms with van der Waals surface area (Å²) in [7, 11) is 0. The fourth-order valence-corrected chi connectivity index (χ4v) is 2.47. The first kappa shape index (κ1) is 25.3. The fourth-order valence-electron chi connectivity index (χ4n) is 2.47. The second kappa shape index (κ2) is 15.8. The SMILES string of the molecule is Nc1ccccc1OCCOCCOCCOCCOCCOc1ccc([N+](=O)[O-])cc1. The minimum atomic E-state index is -0.452. The number of nitrogen functional groups attached to an aromatic ring is 1. The summed E-state index contributed by atoms with van der Waals surface area (Å²) in [6, 6.07) is 13.2. The first-order chi connectivity index (χ1) is 15.7. The minimum absolute atomic E-state index is 0.0293. The second-order valence-electron chi connectivity index (χ2n) is 6.44. The van der Waals surface area contributed by atoms with Crippen molar-refractivity contribution in [2.24, 2.45) is 0 Å². The topological polar surface area (TPSA) is 125 Å². The highest BCUT2D eigenvalue weighted by Crippen LogP contribution is 2.19. The molecular weight excluding hydrogens is 420 g/mol. The molecule has 0 amide bonds. The minimum Gasteiger partial charge on any atom is -0.491 e. The highest BCUT2D eigenvalue weighted by Gasteiger charge is 2.04. The normalized spacial score (nSPS) is 10.8. The number of benzene rings is 2. The van der Waals surface area contributed by atoms with E-state index in [1.54, 1.807) is 18.2 Å². The van der Waals surface area contributed by atoms with Crippen LogP contribution in [-0.4, -0.2) is 71.0 Å². The first-order valence-corrected chi connectivity index (χ1v) is 10.3. The average Bonchev–Trinajstić information content (AvgIpc) is 2.80. The number of anilines is 1. The van der Waals surface area contributed by atoms with Gasteiger partial charge in [-0.05, 0) is 24.3 Å². The highest BCUT2D eigenvalue weighted by atomic mass is 16.6. The number of nitrogens with two attached hydrogens (primary N) is 1. The van der Waals surface area contributed by atoms with Crippen molar-refractivity contribution < 1.29 is 33.3 Å². The monoisotopic (exact) mass is 450 g/mol. The molecular formula is C22H30N2O8. The van der Waals surface area contributed by atoms with E-state index in [1.165, 1.54) is 12.1 Å². The maximum atomic E-state index is 10.6. The molecule has 0 spiro atoms. The van der Waals surface area contributed by atoms with Crippen LogP contribution in [0.15, 0.2) is 48.5 Å². The van der Waals surface area contributed by atoms with E-state index >= 15 is 0 Å². The Balaban J connectivity index is 1.30. The molecule has 32 heavy (non-hydrogen) atoms. The van der Waals surface area contributed by atoms with E-state index in [9.17, 15) is 10.1 Å². The Hall–Kier alpha value is -2.92. The Morgan fingerprint density at radius 1 is 0.656 bits per heavy atom. The summed E-state index contributed by atoms with van der Waals surface area (Å²) in [4.78, 5) is 10.1. The molecule has 2 aromatic carbocycles. The van der Waals surface area contributed by atoms with Crippen molar-refractivity contribution in [1.29, 1.82) is 0 Å². The van der Waals surface area contributed by atoms with Crippen LogP contribution in [0.1, 0.15) is 0 Å². The zero-order valence-corrected chi connectivity index (χ0v) is 18.0. The van der Waals surface area contributed by atoms with Crippen LogP contribution in [-0.2, 0) is 18.9 Å². The molecule has 2 aromatic rings. The Morgan fingerprint density at radius 3 is 1.62 bits per heavy atom. The molecule has 0 heterocycles. The number of nitro groups is 1. The van der Waals surface area contributed by atoms with Crippen LogP contribution in [0.2, 0.25) is 0 Å². The Morgan fingerprint density at radius 2 is 1.12 bits per heavy atom. The molecule has 0 unspecified atom stereocenters. The fraction of sp³-hybridized carbons (Fsp3) is 0.455. The molecule has 0 saturated heterocycles. The lowest BCUT2D eigenvalue weighted by Crippen LogP contribution is -2.14. The van der Waals surface area contributed by atoms with Gasteiger partial charge in [-0.25, -0.2) is 0 Å². The van der Waals surface area contributed by atoms with Gasteiger partial charge in [0, 0.05) is 12.1 Å². The van der Waals surface area contributed by atoms with Crippen molar-refractivity contribution in [3.63, 3.8) is 0 Å². The van der Waals surface area contributed by atoms with Gasteiger partial charge in [0.05, 0.1) is 63.5 Å². The van der Waals surface area contributed by atoms with Gasteiger partial charge in [-0.1, -0.05) is 12.1 Å². The molecule has 10 nitrogen and oxygen atoms in total. The summed E-state index contributed by atoms with van der Waals surface area (Å²) in [5, 5.41) is 10.6. The first-order valence-electron chi connectivity index (χ1n) is 10.3. The molecule has 0 aliphatic heterocycles. The lowest BCUT2D eigenvalue weighted by molar-refractivity contribution is -0.384. The van der Waals surface area contributed by atoms with E-state index in [1.807, 2.05) is 18.2 Å². The molecule has 0 bridgehead atoms. The third-order valence-corrected chi connectivity index (χ3v) is 4.06. The van der Waals surface area contributed by atoms with Crippen molar-refractivity contribution in [2.75, 3.05) is 71.8 Å². The third kappa shape index (κ3) is 10.9. The van der Waals surface area contributed by atoms with Crippen LogP contribution < -0.4 is 15.2 Å². The van der Waals surface area contributed by atoms with Gasteiger partial charge in [-0.15, -0.1) is 0 Å². The van der Waals surface area contributed by atoms with Crippen LogP contribution in [0.5, 0.6) is 11.5 Å². The largest absolute Gasteiger partial charge is 0.491 e. The molecule has 10 heteroatoms. The lowest BCUT2D eigenvalue weighted by Gasteiger charge is -2.09. The van der Waals surface area contributed by atoms with E-state index < -0.39 is 4.92 Å². The molecule has 2 rings (SSSR count). The van der Waals surface area contributed by atoms with Crippen molar-refractivity contribution in [3.8, 4) is 11.5 Å². The summed E-state index contributed by atoms with van der Waals surface area (Å²) in [6.45, 7) is 4.44. The van der Waals surface area contributed by atoms with E-state index in [2.05, 4.69) is 0 Å². The zero-order chi connectivity index (χ0) is 22.9. The van der Waals surface area contributed by atoms with Gasteiger partial charge < -0.3 is 34.2 Å². The molecule has 0 saturated carbocycles. The van der Waals surface area contributed by atoms with Gasteiger partial charge in [0.15, 0.2) is 0 Å². The van der Waals surface area contributed by atoms with E-state index in [0.717, 1.165) is 0 Å². The van der Waals surface area contributed by atoms with Crippen molar-refractivity contribution in [1.82, 2.24) is 0 Å². The number of non-ortho nitro benzene ring substituents is 1. The van der Waals surface area contributed by atoms with Gasteiger partial charge in [-0.3, -0.25) is 10.1 Å². The van der Waals surface area contributed by atoms with Crippen molar-refractivity contribution >= 4 is 11.4 Å². The quantitative estimate of drug-likeness (QED) is 0.158. The predicted octanol–water partition coefficient (Wildman–Crippen LogP) is 2.70. The number of para-hydroxylation sites is 2. The summed E-state index contributed by atoms with van der Waals surface area (Å²) in [5.74, 6) is 1.22. The molecule has 0 aliphatic rings. The maximum absolute atomic E-state index is 10.6. The van der Waals surface area contributed by atoms with Gasteiger partial charge in [0.1, 0.15) is 24.7 Å². The van der Waals surface area contributed by atoms with Gasteiger partial charge in [-0.2, -0.15) is 0 Å². The lowest BCUT2D eigenvalue weighted by atomic mass is 10.3. The number of rotatable bonds is 18. The molecule has 0 atom stereocenters. The van der Waals surface area contributed by atoms with Gasteiger partial charge >= 0.3 is 0 Å². The summed E-state index contributed by atoms with van der Waals surface area (Å²) in [5.41, 5.74) is 6.42. The predicted molar refractivity (Wildman–Crippen MR) is 118 cm³/mol. The van der Waals surface area contributed by atoms with Crippen molar-refractivity contribution in [2.45, 2.75) is 0 Å². The molecule has 0 aliphatic carbocycles. The maximum Gasteiger partial charge on any atom is 0.269 e. The number of ether oxygens (including phenoxy) is 6. The van der Waals surface area contributed by atoms with Crippen LogP contribution in [0, 0.1) is 10.1 Å². The van der Waals surface area contributed by atoms with Gasteiger partial charge in [0.2, 0.25) is 0 Å². The molecule has 0 radical (unpaired) electrons. The number of nitro benzene ring substituents is 1. The third-order valence-electron chi connectivity index (χ3n) is 4.06. The zero-order valence-electron chi connectivity index (χ0n) is 18.0. The van der Waals surface area contributed by atoms with Crippen molar-refractivity contribution in [3.05, 3.63) is 58.6 Å². The van der Waals surface area contributed by atoms with E-state index in [4.69, 9.17) is 34.2 Å². The average molecular weight is 450 g/mol.